The molecule has 24 heavy (non-hydrogen) atoms. The molecular formula is C18H32BNO4. The van der Waals surface area contributed by atoms with Crippen LogP contribution in [0.3, 0.4) is 0 Å². The van der Waals surface area contributed by atoms with Crippen LogP contribution in [0.4, 0.5) is 4.79 Å². The fourth-order valence-electron chi connectivity index (χ4n) is 3.72. The summed E-state index contributed by atoms with van der Waals surface area (Å²) in [7, 11) is -0.129. The fourth-order valence-corrected chi connectivity index (χ4v) is 3.72. The predicted molar refractivity (Wildman–Crippen MR) is 93.9 cm³/mol. The number of likely N-dealkylation sites (tertiary alicyclic amines) is 1. The summed E-state index contributed by atoms with van der Waals surface area (Å²) < 4.78 is 17.9. The maximum Gasteiger partial charge on any atom is 0.461 e. The third-order valence-electron chi connectivity index (χ3n) is 6.41. The highest BCUT2D eigenvalue weighted by Crippen LogP contribution is 2.67. The molecule has 3 aliphatic rings. The van der Waals surface area contributed by atoms with Gasteiger partial charge in [0.1, 0.15) is 5.60 Å². The Hall–Kier alpha value is -0.745. The van der Waals surface area contributed by atoms with Gasteiger partial charge in [-0.2, -0.15) is 0 Å². The summed E-state index contributed by atoms with van der Waals surface area (Å²) in [6.45, 7) is 18.0. The average molecular weight is 337 g/mol. The first-order valence-electron chi connectivity index (χ1n) is 9.09. The van der Waals surface area contributed by atoms with E-state index in [9.17, 15) is 4.79 Å². The Kier molecular flexibility index (Phi) is 3.86. The van der Waals surface area contributed by atoms with E-state index in [1.807, 2.05) is 20.8 Å². The van der Waals surface area contributed by atoms with Gasteiger partial charge in [0.25, 0.3) is 0 Å². The van der Waals surface area contributed by atoms with E-state index in [0.29, 0.717) is 11.7 Å². The molecule has 0 radical (unpaired) electrons. The molecule has 2 aliphatic heterocycles. The van der Waals surface area contributed by atoms with Gasteiger partial charge in [0.15, 0.2) is 0 Å². The van der Waals surface area contributed by atoms with Gasteiger partial charge < -0.3 is 18.9 Å². The topological polar surface area (TPSA) is 48.0 Å². The largest absolute Gasteiger partial charge is 0.461 e. The Bertz CT molecular complexity index is 520. The Morgan fingerprint density at radius 1 is 1.08 bits per heavy atom. The molecular weight excluding hydrogens is 305 g/mol. The molecule has 3 fully saturated rings. The highest BCUT2D eigenvalue weighted by molar-refractivity contribution is 6.49. The molecule has 0 spiro atoms. The van der Waals surface area contributed by atoms with Gasteiger partial charge in [-0.3, -0.25) is 0 Å². The second-order valence-electron chi connectivity index (χ2n) is 10.0. The third kappa shape index (κ3) is 2.96. The highest BCUT2D eigenvalue weighted by Gasteiger charge is 2.68. The molecule has 2 unspecified atom stereocenters. The van der Waals surface area contributed by atoms with Crippen LogP contribution in [0.1, 0.15) is 61.8 Å². The lowest BCUT2D eigenvalue weighted by molar-refractivity contribution is -0.0124. The van der Waals surface area contributed by atoms with Crippen molar-refractivity contribution in [2.75, 3.05) is 13.1 Å². The standard InChI is InChI=1S/C18H32BNO4/c1-15(2,3)22-14(21)20-10-12(11-20)18(8)9-13(18)19-23-16(4,5)17(6,7)24-19/h12-13H,9-11H2,1-8H3. The quantitative estimate of drug-likeness (QED) is 0.721. The molecule has 0 bridgehead atoms. The third-order valence-corrected chi connectivity index (χ3v) is 6.41. The van der Waals surface area contributed by atoms with E-state index in [4.69, 9.17) is 14.0 Å². The minimum Gasteiger partial charge on any atom is -0.444 e. The smallest absolute Gasteiger partial charge is 0.444 e. The predicted octanol–water partition coefficient (Wildman–Crippen LogP) is 3.73. The lowest BCUT2D eigenvalue weighted by atomic mass is 9.71. The van der Waals surface area contributed by atoms with Crippen molar-refractivity contribution in [3.63, 3.8) is 0 Å². The number of amides is 1. The number of ether oxygens (including phenoxy) is 1. The molecule has 0 aromatic rings. The summed E-state index contributed by atoms with van der Waals surface area (Å²) in [6.07, 6.45) is 0.909. The molecule has 136 valence electrons. The van der Waals surface area contributed by atoms with Crippen LogP contribution in [0.25, 0.3) is 0 Å². The van der Waals surface area contributed by atoms with Crippen LogP contribution in [-0.4, -0.2) is 48.0 Å². The first kappa shape index (κ1) is 18.1. The van der Waals surface area contributed by atoms with Crippen molar-refractivity contribution in [1.29, 1.82) is 0 Å². The van der Waals surface area contributed by atoms with E-state index >= 15 is 0 Å². The van der Waals surface area contributed by atoms with Crippen LogP contribution in [0.2, 0.25) is 5.82 Å². The summed E-state index contributed by atoms with van der Waals surface area (Å²) >= 11 is 0. The Balaban J connectivity index is 1.53. The molecule has 2 atom stereocenters. The molecule has 2 saturated heterocycles. The van der Waals surface area contributed by atoms with Gasteiger partial charge in [-0.15, -0.1) is 0 Å². The maximum absolute atomic E-state index is 12.1. The van der Waals surface area contributed by atoms with Gasteiger partial charge in [-0.25, -0.2) is 4.79 Å². The summed E-state index contributed by atoms with van der Waals surface area (Å²) in [6, 6.07) is 0. The summed E-state index contributed by atoms with van der Waals surface area (Å²) in [5.41, 5.74) is -0.775. The molecule has 1 saturated carbocycles. The molecule has 0 aromatic carbocycles. The van der Waals surface area contributed by atoms with Crippen molar-refractivity contribution in [2.45, 2.75) is 84.4 Å². The zero-order chi connectivity index (χ0) is 18.1. The molecule has 1 aliphatic carbocycles. The SMILES string of the molecule is CC(C)(C)OC(=O)N1CC(C2(C)CC2B2OC(C)(C)C(C)(C)O2)C1. The Morgan fingerprint density at radius 3 is 2.04 bits per heavy atom. The van der Waals surface area contributed by atoms with Crippen LogP contribution in [0.15, 0.2) is 0 Å². The van der Waals surface area contributed by atoms with E-state index in [1.165, 1.54) is 0 Å². The minimum absolute atomic E-state index is 0.129. The molecule has 2 heterocycles. The average Bonchev–Trinajstić information content (AvgIpc) is 2.89. The minimum atomic E-state index is -0.434. The zero-order valence-electron chi connectivity index (χ0n) is 16.4. The molecule has 0 aromatic heterocycles. The monoisotopic (exact) mass is 337 g/mol. The lowest BCUT2D eigenvalue weighted by Crippen LogP contribution is -2.54. The first-order chi connectivity index (χ1) is 10.8. The van der Waals surface area contributed by atoms with Crippen LogP contribution >= 0.6 is 0 Å². The van der Waals surface area contributed by atoms with Crippen molar-refractivity contribution in [1.82, 2.24) is 4.90 Å². The number of hydrogen-bond donors (Lipinski definition) is 0. The van der Waals surface area contributed by atoms with Crippen LogP contribution < -0.4 is 0 Å². The van der Waals surface area contributed by atoms with Gasteiger partial charge >= 0.3 is 13.2 Å². The van der Waals surface area contributed by atoms with Crippen LogP contribution in [0.5, 0.6) is 0 Å². The number of nitrogens with zero attached hydrogens (tertiary/aromatic N) is 1. The van der Waals surface area contributed by atoms with Gasteiger partial charge in [0, 0.05) is 18.9 Å². The summed E-state index contributed by atoms with van der Waals surface area (Å²) in [4.78, 5) is 13.9. The lowest BCUT2D eigenvalue weighted by Gasteiger charge is -2.43. The van der Waals surface area contributed by atoms with Crippen molar-refractivity contribution < 1.29 is 18.8 Å². The van der Waals surface area contributed by atoms with E-state index in [-0.39, 0.29) is 29.8 Å². The van der Waals surface area contributed by atoms with Crippen molar-refractivity contribution in [3.8, 4) is 0 Å². The van der Waals surface area contributed by atoms with Crippen molar-refractivity contribution >= 4 is 13.2 Å². The number of rotatable bonds is 2. The van der Waals surface area contributed by atoms with Gasteiger partial charge in [0.2, 0.25) is 0 Å². The van der Waals surface area contributed by atoms with Crippen molar-refractivity contribution in [2.24, 2.45) is 11.3 Å². The normalized spacial score (nSPS) is 34.9. The van der Waals surface area contributed by atoms with Gasteiger partial charge in [-0.05, 0) is 66.2 Å². The first-order valence-corrected chi connectivity index (χ1v) is 9.09. The molecule has 6 heteroatoms. The Morgan fingerprint density at radius 2 is 1.58 bits per heavy atom. The molecule has 5 nitrogen and oxygen atoms in total. The second-order valence-corrected chi connectivity index (χ2v) is 10.0. The molecule has 1 amide bonds. The highest BCUT2D eigenvalue weighted by atomic mass is 16.7. The van der Waals surface area contributed by atoms with E-state index in [1.54, 1.807) is 4.90 Å². The van der Waals surface area contributed by atoms with Crippen LogP contribution in [-0.2, 0) is 14.0 Å². The molecule has 3 rings (SSSR count). The maximum atomic E-state index is 12.1. The summed E-state index contributed by atoms with van der Waals surface area (Å²) in [5.74, 6) is 0.929. The number of carbonyl (C=O) groups is 1. The van der Waals surface area contributed by atoms with Gasteiger partial charge in [0.05, 0.1) is 11.2 Å². The number of carbonyl (C=O) groups excluding carboxylic acids is 1. The van der Waals surface area contributed by atoms with E-state index in [2.05, 4.69) is 34.6 Å². The second kappa shape index (κ2) is 5.13. The van der Waals surface area contributed by atoms with E-state index in [0.717, 1.165) is 19.5 Å². The zero-order valence-corrected chi connectivity index (χ0v) is 16.4. The van der Waals surface area contributed by atoms with Gasteiger partial charge in [-0.1, -0.05) is 6.92 Å². The molecule has 0 N–H and O–H groups in total. The number of hydrogen-bond acceptors (Lipinski definition) is 4. The van der Waals surface area contributed by atoms with Crippen molar-refractivity contribution in [3.05, 3.63) is 0 Å². The summed E-state index contributed by atoms with van der Waals surface area (Å²) in [5, 5.41) is 0. The van der Waals surface area contributed by atoms with E-state index < -0.39 is 5.60 Å². The van der Waals surface area contributed by atoms with Crippen LogP contribution in [0, 0.1) is 11.3 Å². The fraction of sp³-hybridized carbons (Fsp3) is 0.944. The Labute approximate surface area is 146 Å².